The number of carbonyl (C=O) groups excluding carboxylic acids is 2. The second-order valence-corrected chi connectivity index (χ2v) is 10.2. The van der Waals surface area contributed by atoms with Gasteiger partial charge in [-0.05, 0) is 66.0 Å². The molecule has 1 aromatic carbocycles. The fourth-order valence-electron chi connectivity index (χ4n) is 3.85. The van der Waals surface area contributed by atoms with Crippen molar-refractivity contribution in [2.45, 2.75) is 97.2 Å². The first-order valence-corrected chi connectivity index (χ1v) is 10.9. The van der Waals surface area contributed by atoms with Gasteiger partial charge in [-0.1, -0.05) is 24.3 Å². The zero-order valence-corrected chi connectivity index (χ0v) is 20.1. The first-order chi connectivity index (χ1) is 14.7. The van der Waals surface area contributed by atoms with Gasteiger partial charge in [0.2, 0.25) is 5.91 Å². The topological polar surface area (TPSA) is 105 Å². The largest absolute Gasteiger partial charge is 0.481 e. The molecule has 8 heteroatoms. The van der Waals surface area contributed by atoms with E-state index < -0.39 is 47.4 Å². The summed E-state index contributed by atoms with van der Waals surface area (Å²) in [5.74, 6) is -1.38. The summed E-state index contributed by atoms with van der Waals surface area (Å²) in [5.41, 5.74) is 0.700. The number of amides is 2. The lowest BCUT2D eigenvalue weighted by molar-refractivity contribution is -0.147. The number of fused-ring (bicyclic) bond motifs is 1. The van der Waals surface area contributed by atoms with Crippen LogP contribution in [-0.4, -0.2) is 57.4 Å². The Morgan fingerprint density at radius 3 is 2.22 bits per heavy atom. The Kier molecular flexibility index (Phi) is 7.93. The van der Waals surface area contributed by atoms with Crippen LogP contribution in [0.2, 0.25) is 0 Å². The lowest BCUT2D eigenvalue weighted by atomic mass is 9.91. The lowest BCUT2D eigenvalue weighted by Gasteiger charge is -2.40. The van der Waals surface area contributed by atoms with Crippen LogP contribution in [0.25, 0.3) is 0 Å². The minimum atomic E-state index is -1.04. The smallest absolute Gasteiger partial charge is 0.408 e. The second kappa shape index (κ2) is 9.90. The molecule has 0 saturated heterocycles. The maximum absolute atomic E-state index is 13.7. The average Bonchev–Trinajstić information content (AvgIpc) is 2.61. The van der Waals surface area contributed by atoms with Crippen molar-refractivity contribution in [1.29, 1.82) is 0 Å². The summed E-state index contributed by atoms with van der Waals surface area (Å²) in [5, 5.41) is 12.1. The second-order valence-electron chi connectivity index (χ2n) is 10.2. The van der Waals surface area contributed by atoms with Crippen molar-refractivity contribution in [3.05, 3.63) is 35.4 Å². The molecule has 0 aromatic heterocycles. The summed E-state index contributed by atoms with van der Waals surface area (Å²) in [4.78, 5) is 39.3. The van der Waals surface area contributed by atoms with Crippen molar-refractivity contribution in [1.82, 2.24) is 10.2 Å². The number of carboxylic acid groups (broad SMARTS) is 1. The molecule has 8 nitrogen and oxygen atoms in total. The quantitative estimate of drug-likeness (QED) is 0.690. The van der Waals surface area contributed by atoms with Gasteiger partial charge in [0.05, 0.1) is 18.1 Å². The van der Waals surface area contributed by atoms with Gasteiger partial charge in [0.1, 0.15) is 11.6 Å². The van der Waals surface area contributed by atoms with Crippen molar-refractivity contribution in [3.8, 4) is 0 Å². The van der Waals surface area contributed by atoms with Crippen LogP contribution >= 0.6 is 0 Å². The maximum Gasteiger partial charge on any atom is 0.408 e. The molecule has 0 fully saturated rings. The first-order valence-electron chi connectivity index (χ1n) is 10.9. The molecular formula is C24H36N2O6. The molecule has 32 heavy (non-hydrogen) atoms. The molecule has 0 bridgehead atoms. The predicted molar refractivity (Wildman–Crippen MR) is 120 cm³/mol. The minimum absolute atomic E-state index is 0.187. The van der Waals surface area contributed by atoms with E-state index in [-0.39, 0.29) is 13.0 Å². The van der Waals surface area contributed by atoms with Crippen molar-refractivity contribution in [3.63, 3.8) is 0 Å². The van der Waals surface area contributed by atoms with E-state index in [1.807, 2.05) is 45.0 Å². The number of benzene rings is 1. The highest BCUT2D eigenvalue weighted by Crippen LogP contribution is 2.27. The maximum atomic E-state index is 13.7. The molecule has 178 valence electrons. The monoisotopic (exact) mass is 448 g/mol. The van der Waals surface area contributed by atoms with Gasteiger partial charge in [0, 0.05) is 12.6 Å². The Hall–Kier alpha value is -2.61. The van der Waals surface area contributed by atoms with Gasteiger partial charge >= 0.3 is 12.1 Å². The van der Waals surface area contributed by atoms with Crippen LogP contribution in [0.1, 0.15) is 66.0 Å². The van der Waals surface area contributed by atoms with Gasteiger partial charge in [0.15, 0.2) is 0 Å². The zero-order valence-electron chi connectivity index (χ0n) is 20.1. The van der Waals surface area contributed by atoms with Crippen LogP contribution < -0.4 is 5.32 Å². The SMILES string of the molecule is C[C@@H](OC(C)(C)C)[C@H](NC(=O)OC(C)(C)C)C(=O)N1Cc2ccccc2C[C@@H]1CC(=O)O. The minimum Gasteiger partial charge on any atom is -0.481 e. The number of rotatable bonds is 6. The van der Waals surface area contributed by atoms with E-state index in [1.54, 1.807) is 32.6 Å². The van der Waals surface area contributed by atoms with Crippen LogP contribution in [0.5, 0.6) is 0 Å². The zero-order chi connectivity index (χ0) is 24.3. The van der Waals surface area contributed by atoms with Gasteiger partial charge in [0.25, 0.3) is 0 Å². The van der Waals surface area contributed by atoms with Crippen LogP contribution in [0.3, 0.4) is 0 Å². The van der Waals surface area contributed by atoms with Crippen LogP contribution in [-0.2, 0) is 32.0 Å². The molecule has 3 atom stereocenters. The molecule has 1 aliphatic rings. The Balaban J connectivity index is 2.35. The predicted octanol–water partition coefficient (Wildman–Crippen LogP) is 3.51. The summed E-state index contributed by atoms with van der Waals surface area (Å²) in [7, 11) is 0. The molecule has 0 saturated carbocycles. The number of ether oxygens (including phenoxy) is 2. The number of aliphatic carboxylic acids is 1. The summed E-state index contributed by atoms with van der Waals surface area (Å²) in [6.45, 7) is 12.8. The molecule has 2 rings (SSSR count). The average molecular weight is 449 g/mol. The number of nitrogens with one attached hydrogen (secondary N) is 1. The van der Waals surface area contributed by atoms with E-state index in [0.29, 0.717) is 6.42 Å². The molecule has 2 amide bonds. The fraction of sp³-hybridized carbons (Fsp3) is 0.625. The van der Waals surface area contributed by atoms with Gasteiger partial charge < -0.3 is 24.8 Å². The highest BCUT2D eigenvalue weighted by atomic mass is 16.6. The third kappa shape index (κ3) is 7.51. The normalized spacial score (nSPS) is 18.3. The lowest BCUT2D eigenvalue weighted by Crippen LogP contribution is -2.59. The van der Waals surface area contributed by atoms with Crippen LogP contribution in [0.4, 0.5) is 4.79 Å². The Morgan fingerprint density at radius 1 is 1.09 bits per heavy atom. The fourth-order valence-corrected chi connectivity index (χ4v) is 3.85. The van der Waals surface area contributed by atoms with Gasteiger partial charge in [-0.15, -0.1) is 0 Å². The number of nitrogens with zero attached hydrogens (tertiary/aromatic N) is 1. The van der Waals surface area contributed by atoms with Crippen LogP contribution in [0.15, 0.2) is 24.3 Å². The number of carbonyl (C=O) groups is 3. The molecule has 0 unspecified atom stereocenters. The molecular weight excluding hydrogens is 412 g/mol. The van der Waals surface area contributed by atoms with E-state index in [9.17, 15) is 19.5 Å². The number of hydrogen-bond donors (Lipinski definition) is 2. The van der Waals surface area contributed by atoms with E-state index in [2.05, 4.69) is 5.32 Å². The molecule has 1 aliphatic heterocycles. The van der Waals surface area contributed by atoms with E-state index in [4.69, 9.17) is 9.47 Å². The van der Waals surface area contributed by atoms with Gasteiger partial charge in [-0.2, -0.15) is 0 Å². The van der Waals surface area contributed by atoms with Crippen molar-refractivity contribution in [2.24, 2.45) is 0 Å². The number of carboxylic acids is 1. The molecule has 2 N–H and O–H groups in total. The Labute approximate surface area is 190 Å². The number of hydrogen-bond acceptors (Lipinski definition) is 5. The van der Waals surface area contributed by atoms with Crippen LogP contribution in [0, 0.1) is 0 Å². The molecule has 1 aromatic rings. The van der Waals surface area contributed by atoms with Crippen molar-refractivity contribution >= 4 is 18.0 Å². The summed E-state index contributed by atoms with van der Waals surface area (Å²) in [6.07, 6.45) is -1.15. The first kappa shape index (κ1) is 25.6. The third-order valence-corrected chi connectivity index (χ3v) is 5.00. The number of alkyl carbamates (subject to hydrolysis) is 1. The standard InChI is InChI=1S/C24H36N2O6/c1-15(31-23(2,3)4)20(25-22(30)32-24(5,6)7)21(29)26-14-17-11-9-8-10-16(17)12-18(26)13-19(27)28/h8-11,15,18,20H,12-14H2,1-7H3,(H,25,30)(H,27,28)/t15-,18-,20+/m1/s1. The third-order valence-electron chi connectivity index (χ3n) is 5.00. The highest BCUT2D eigenvalue weighted by Gasteiger charge is 2.39. The Morgan fingerprint density at radius 2 is 1.69 bits per heavy atom. The highest BCUT2D eigenvalue weighted by molar-refractivity contribution is 5.87. The Bertz CT molecular complexity index is 840. The van der Waals surface area contributed by atoms with Crippen molar-refractivity contribution < 1.29 is 29.0 Å². The summed E-state index contributed by atoms with van der Waals surface area (Å²) >= 11 is 0. The molecule has 0 spiro atoms. The summed E-state index contributed by atoms with van der Waals surface area (Å²) < 4.78 is 11.4. The van der Waals surface area contributed by atoms with E-state index in [0.717, 1.165) is 11.1 Å². The van der Waals surface area contributed by atoms with E-state index in [1.165, 1.54) is 0 Å². The molecule has 0 aliphatic carbocycles. The van der Waals surface area contributed by atoms with Gasteiger partial charge in [-0.3, -0.25) is 9.59 Å². The van der Waals surface area contributed by atoms with Crippen molar-refractivity contribution in [2.75, 3.05) is 0 Å². The van der Waals surface area contributed by atoms with E-state index >= 15 is 0 Å². The molecule has 0 radical (unpaired) electrons. The summed E-state index contributed by atoms with van der Waals surface area (Å²) in [6, 6.07) is 6.11. The molecule has 1 heterocycles. The van der Waals surface area contributed by atoms with Gasteiger partial charge in [-0.25, -0.2) is 4.79 Å².